The highest BCUT2D eigenvalue weighted by Crippen LogP contribution is 2.40. The number of rotatable bonds is 4. The first-order valence-corrected chi connectivity index (χ1v) is 6.89. The van der Waals surface area contributed by atoms with Crippen LogP contribution in [0, 0.1) is 13.8 Å². The zero-order chi connectivity index (χ0) is 13.3. The Labute approximate surface area is 115 Å². The highest BCUT2D eigenvalue weighted by Gasteiger charge is 2.41. The van der Waals surface area contributed by atoms with Gasteiger partial charge in [0.2, 0.25) is 0 Å². The molecule has 0 spiro atoms. The summed E-state index contributed by atoms with van der Waals surface area (Å²) >= 11 is 3.51. The van der Waals surface area contributed by atoms with Gasteiger partial charge in [0.15, 0.2) is 0 Å². The van der Waals surface area contributed by atoms with Gasteiger partial charge in [-0.15, -0.1) is 0 Å². The summed E-state index contributed by atoms with van der Waals surface area (Å²) in [7, 11) is 0. The number of hydrogen-bond acceptors (Lipinski definition) is 2. The maximum atomic E-state index is 10.9. The highest BCUT2D eigenvalue weighted by atomic mass is 79.9. The van der Waals surface area contributed by atoms with E-state index in [0.717, 1.165) is 40.6 Å². The Morgan fingerprint density at radius 1 is 1.39 bits per heavy atom. The fraction of sp³-hybridized carbons (Fsp3) is 0.500. The van der Waals surface area contributed by atoms with E-state index in [4.69, 9.17) is 9.84 Å². The molecule has 0 saturated heterocycles. The Morgan fingerprint density at radius 2 is 1.94 bits per heavy atom. The van der Waals surface area contributed by atoms with Gasteiger partial charge >= 0.3 is 5.97 Å². The Bertz CT molecular complexity index is 455. The van der Waals surface area contributed by atoms with E-state index >= 15 is 0 Å². The van der Waals surface area contributed by atoms with Gasteiger partial charge in [0.1, 0.15) is 11.4 Å². The highest BCUT2D eigenvalue weighted by molar-refractivity contribution is 9.10. The predicted molar refractivity (Wildman–Crippen MR) is 73.1 cm³/mol. The number of carbonyl (C=O) groups is 1. The molecule has 1 aromatic carbocycles. The third kappa shape index (κ3) is 2.69. The molecule has 0 amide bonds. The largest absolute Gasteiger partial charge is 0.487 e. The first kappa shape index (κ1) is 13.4. The lowest BCUT2D eigenvalue weighted by Crippen LogP contribution is -2.45. The predicted octanol–water partition coefficient (Wildman–Crippen LogP) is 3.84. The van der Waals surface area contributed by atoms with E-state index < -0.39 is 11.6 Å². The monoisotopic (exact) mass is 312 g/mol. The van der Waals surface area contributed by atoms with Crippen LogP contribution >= 0.6 is 15.9 Å². The van der Waals surface area contributed by atoms with Crippen molar-refractivity contribution in [1.82, 2.24) is 0 Å². The van der Waals surface area contributed by atoms with E-state index in [0.29, 0.717) is 0 Å². The number of benzene rings is 1. The molecule has 0 aliphatic heterocycles. The van der Waals surface area contributed by atoms with Gasteiger partial charge < -0.3 is 9.84 Å². The summed E-state index contributed by atoms with van der Waals surface area (Å²) in [6, 6.07) is 3.91. The van der Waals surface area contributed by atoms with Crippen LogP contribution in [0.5, 0.6) is 5.75 Å². The summed E-state index contributed by atoms with van der Waals surface area (Å²) in [4.78, 5) is 10.9. The summed E-state index contributed by atoms with van der Waals surface area (Å²) in [6.07, 6.45) is 2.78. The molecule has 0 heterocycles. The van der Waals surface area contributed by atoms with Crippen LogP contribution in [0.1, 0.15) is 36.8 Å². The molecule has 1 aromatic rings. The van der Waals surface area contributed by atoms with Crippen LogP contribution in [-0.4, -0.2) is 16.7 Å². The average molecular weight is 313 g/mol. The number of aliphatic carboxylic acids is 1. The number of halogens is 1. The lowest BCUT2D eigenvalue weighted by Gasteiger charge is -2.41. The number of aryl methyl sites for hydroxylation is 2. The van der Waals surface area contributed by atoms with Gasteiger partial charge in [-0.25, -0.2) is 0 Å². The smallest absolute Gasteiger partial charge is 0.307 e. The Balaban J connectivity index is 2.20. The van der Waals surface area contributed by atoms with Crippen molar-refractivity contribution in [2.45, 2.75) is 45.1 Å². The summed E-state index contributed by atoms with van der Waals surface area (Å²) < 4.78 is 7.04. The maximum absolute atomic E-state index is 10.9. The molecule has 1 aliphatic carbocycles. The normalized spacial score (nSPS) is 17.1. The Morgan fingerprint density at radius 3 is 2.33 bits per heavy atom. The second kappa shape index (κ2) is 4.92. The molecule has 0 unspecified atom stereocenters. The topological polar surface area (TPSA) is 46.5 Å². The molecule has 0 aromatic heterocycles. The lowest BCUT2D eigenvalue weighted by molar-refractivity contribution is -0.144. The number of carboxylic acid groups (broad SMARTS) is 1. The van der Waals surface area contributed by atoms with Crippen molar-refractivity contribution in [2.24, 2.45) is 0 Å². The standard InChI is InChI=1S/C14H17BrO3/c1-9-6-11(7-10(2)13(9)15)18-14(4-3-5-14)8-12(16)17/h6-7H,3-5,8H2,1-2H3,(H,16,17). The molecule has 18 heavy (non-hydrogen) atoms. The molecule has 1 N–H and O–H groups in total. The summed E-state index contributed by atoms with van der Waals surface area (Å²) in [5.74, 6) is -0.0191. The van der Waals surface area contributed by atoms with Crippen molar-refractivity contribution < 1.29 is 14.6 Å². The van der Waals surface area contributed by atoms with Gasteiger partial charge in [-0.3, -0.25) is 4.79 Å². The van der Waals surface area contributed by atoms with Crippen LogP contribution in [0.25, 0.3) is 0 Å². The zero-order valence-corrected chi connectivity index (χ0v) is 12.2. The number of ether oxygens (including phenoxy) is 1. The molecule has 2 rings (SSSR count). The van der Waals surface area contributed by atoms with Crippen LogP contribution in [0.2, 0.25) is 0 Å². The zero-order valence-electron chi connectivity index (χ0n) is 10.6. The van der Waals surface area contributed by atoms with Crippen LogP contribution in [-0.2, 0) is 4.79 Å². The molecule has 0 radical (unpaired) electrons. The van der Waals surface area contributed by atoms with E-state index in [-0.39, 0.29) is 6.42 Å². The van der Waals surface area contributed by atoms with Crippen molar-refractivity contribution in [3.05, 3.63) is 27.7 Å². The van der Waals surface area contributed by atoms with E-state index in [1.807, 2.05) is 26.0 Å². The van der Waals surface area contributed by atoms with Gasteiger partial charge in [-0.1, -0.05) is 15.9 Å². The minimum atomic E-state index is -0.791. The van der Waals surface area contributed by atoms with Gasteiger partial charge in [0.25, 0.3) is 0 Å². The molecule has 0 atom stereocenters. The SMILES string of the molecule is Cc1cc(OC2(CC(=O)O)CCC2)cc(C)c1Br. The first-order chi connectivity index (χ1) is 8.42. The van der Waals surface area contributed by atoms with E-state index in [1.165, 1.54) is 0 Å². The molecule has 98 valence electrons. The second-order valence-electron chi connectivity index (χ2n) is 5.08. The third-order valence-electron chi connectivity index (χ3n) is 3.48. The molecular formula is C14H17BrO3. The van der Waals surface area contributed by atoms with Crippen molar-refractivity contribution >= 4 is 21.9 Å². The van der Waals surface area contributed by atoms with Gasteiger partial charge in [0, 0.05) is 4.47 Å². The molecule has 4 heteroatoms. The van der Waals surface area contributed by atoms with Crippen LogP contribution in [0.4, 0.5) is 0 Å². The van der Waals surface area contributed by atoms with Crippen molar-refractivity contribution in [2.75, 3.05) is 0 Å². The van der Waals surface area contributed by atoms with Crippen molar-refractivity contribution in [3.63, 3.8) is 0 Å². The summed E-state index contributed by atoms with van der Waals surface area (Å²) in [5, 5.41) is 8.96. The number of carboxylic acids is 1. The summed E-state index contributed by atoms with van der Waals surface area (Å²) in [5.41, 5.74) is 1.73. The Hall–Kier alpha value is -1.03. The maximum Gasteiger partial charge on any atom is 0.307 e. The fourth-order valence-corrected chi connectivity index (χ4v) is 2.61. The molecular weight excluding hydrogens is 296 g/mol. The van der Waals surface area contributed by atoms with Gasteiger partial charge in [-0.2, -0.15) is 0 Å². The van der Waals surface area contributed by atoms with Crippen LogP contribution < -0.4 is 4.74 Å². The fourth-order valence-electron chi connectivity index (χ4n) is 2.38. The summed E-state index contributed by atoms with van der Waals surface area (Å²) in [6.45, 7) is 4.02. The average Bonchev–Trinajstić information content (AvgIpc) is 2.22. The molecule has 0 bridgehead atoms. The second-order valence-corrected chi connectivity index (χ2v) is 5.87. The number of hydrogen-bond donors (Lipinski definition) is 1. The van der Waals surface area contributed by atoms with E-state index in [9.17, 15) is 4.79 Å². The first-order valence-electron chi connectivity index (χ1n) is 6.09. The minimum absolute atomic E-state index is 0.0845. The van der Waals surface area contributed by atoms with Gasteiger partial charge in [0.05, 0.1) is 6.42 Å². The van der Waals surface area contributed by atoms with E-state index in [2.05, 4.69) is 15.9 Å². The van der Waals surface area contributed by atoms with Gasteiger partial charge in [-0.05, 0) is 56.4 Å². The molecule has 1 fully saturated rings. The molecule has 1 aliphatic rings. The van der Waals surface area contributed by atoms with Crippen molar-refractivity contribution in [3.8, 4) is 5.75 Å². The Kier molecular flexibility index (Phi) is 3.66. The van der Waals surface area contributed by atoms with Crippen molar-refractivity contribution in [1.29, 1.82) is 0 Å². The quantitative estimate of drug-likeness (QED) is 0.918. The van der Waals surface area contributed by atoms with E-state index in [1.54, 1.807) is 0 Å². The lowest BCUT2D eigenvalue weighted by atomic mass is 9.77. The molecule has 3 nitrogen and oxygen atoms in total. The molecule has 1 saturated carbocycles. The minimum Gasteiger partial charge on any atom is -0.487 e. The third-order valence-corrected chi connectivity index (χ3v) is 4.73. The van der Waals surface area contributed by atoms with Crippen LogP contribution in [0.3, 0.4) is 0 Å². The van der Waals surface area contributed by atoms with Crippen LogP contribution in [0.15, 0.2) is 16.6 Å².